The van der Waals surface area contributed by atoms with Gasteiger partial charge in [-0.3, -0.25) is 0 Å². The number of carboxylic acid groups (broad SMARTS) is 1. The summed E-state index contributed by atoms with van der Waals surface area (Å²) in [7, 11) is 0. The summed E-state index contributed by atoms with van der Waals surface area (Å²) in [6.07, 6.45) is 2.96. The maximum Gasteiger partial charge on any atom is 0.331 e. The number of aliphatic carboxylic acids is 1. The summed E-state index contributed by atoms with van der Waals surface area (Å²) in [6, 6.07) is 9.88. The average Bonchev–Trinajstić information content (AvgIpc) is 2.18. The highest BCUT2D eigenvalue weighted by atomic mass is 16.5. The Hall–Kier alpha value is -1.77. The molecule has 0 saturated carbocycles. The van der Waals surface area contributed by atoms with Crippen molar-refractivity contribution in [1.29, 1.82) is 0 Å². The van der Waals surface area contributed by atoms with Gasteiger partial charge in [0.1, 0.15) is 0 Å². The lowest BCUT2D eigenvalue weighted by molar-refractivity contribution is -0.131. The van der Waals surface area contributed by atoms with Crippen LogP contribution in [0.4, 0.5) is 0 Å². The third-order valence-corrected chi connectivity index (χ3v) is 1.66. The van der Waals surface area contributed by atoms with Crippen molar-refractivity contribution in [3.8, 4) is 0 Å². The molecule has 0 saturated heterocycles. The maximum absolute atomic E-state index is 10.1. The Kier molecular flexibility index (Phi) is 4.27. The van der Waals surface area contributed by atoms with Crippen molar-refractivity contribution in [2.45, 2.75) is 6.42 Å². The van der Waals surface area contributed by atoms with E-state index < -0.39 is 5.97 Å². The molecule has 3 nitrogen and oxygen atoms in total. The highest BCUT2D eigenvalue weighted by Crippen LogP contribution is 1.99. The molecule has 0 aliphatic rings. The zero-order chi connectivity index (χ0) is 10.2. The Bertz CT molecular complexity index is 304. The fourth-order valence-electron chi connectivity index (χ4n) is 0.996. The van der Waals surface area contributed by atoms with Gasteiger partial charge in [0.05, 0.1) is 18.9 Å². The molecule has 0 radical (unpaired) electrons. The molecule has 0 spiro atoms. The first-order valence-corrected chi connectivity index (χ1v) is 4.34. The van der Waals surface area contributed by atoms with E-state index in [1.165, 1.54) is 11.8 Å². The number of carbonyl (C=O) groups is 1. The molecular weight excluding hydrogens is 180 g/mol. The van der Waals surface area contributed by atoms with Crippen molar-refractivity contribution in [2.75, 3.05) is 6.61 Å². The quantitative estimate of drug-likeness (QED) is 0.440. The molecule has 0 heterocycles. The predicted molar refractivity (Wildman–Crippen MR) is 52.9 cm³/mol. The monoisotopic (exact) mass is 192 g/mol. The van der Waals surface area contributed by atoms with Crippen LogP contribution in [0.2, 0.25) is 0 Å². The van der Waals surface area contributed by atoms with Gasteiger partial charge in [-0.2, -0.15) is 0 Å². The summed E-state index contributed by atoms with van der Waals surface area (Å²) in [4.78, 5) is 10.1. The van der Waals surface area contributed by atoms with Crippen molar-refractivity contribution in [2.24, 2.45) is 0 Å². The number of carboxylic acids is 1. The van der Waals surface area contributed by atoms with E-state index in [9.17, 15) is 4.79 Å². The van der Waals surface area contributed by atoms with Crippen molar-refractivity contribution in [3.63, 3.8) is 0 Å². The van der Waals surface area contributed by atoms with Gasteiger partial charge in [0.25, 0.3) is 0 Å². The van der Waals surface area contributed by atoms with Crippen molar-refractivity contribution >= 4 is 5.97 Å². The Morgan fingerprint density at radius 3 is 2.71 bits per heavy atom. The predicted octanol–water partition coefficient (Wildman–Crippen LogP) is 1.84. The second-order valence-electron chi connectivity index (χ2n) is 2.75. The Balaban J connectivity index is 2.19. The molecular formula is C11H12O3. The van der Waals surface area contributed by atoms with Crippen LogP contribution in [-0.4, -0.2) is 17.7 Å². The molecule has 74 valence electrons. The van der Waals surface area contributed by atoms with Crippen LogP contribution in [0.1, 0.15) is 5.56 Å². The van der Waals surface area contributed by atoms with Gasteiger partial charge in [-0.15, -0.1) is 0 Å². The summed E-state index contributed by atoms with van der Waals surface area (Å²) in [5, 5.41) is 8.26. The minimum Gasteiger partial charge on any atom is -0.501 e. The van der Waals surface area contributed by atoms with E-state index in [0.717, 1.165) is 12.5 Å². The number of rotatable bonds is 5. The molecule has 0 fully saturated rings. The van der Waals surface area contributed by atoms with Gasteiger partial charge in [-0.25, -0.2) is 4.79 Å². The van der Waals surface area contributed by atoms with Gasteiger partial charge in [-0.05, 0) is 5.56 Å². The SMILES string of the molecule is O=C(O)C=COCCc1ccccc1. The summed E-state index contributed by atoms with van der Waals surface area (Å²) in [5.74, 6) is -0.996. The zero-order valence-corrected chi connectivity index (χ0v) is 7.72. The van der Waals surface area contributed by atoms with E-state index in [1.807, 2.05) is 30.3 Å². The fraction of sp³-hybridized carbons (Fsp3) is 0.182. The molecule has 0 aliphatic carbocycles. The lowest BCUT2D eigenvalue weighted by Crippen LogP contribution is -1.94. The normalized spacial score (nSPS) is 10.3. The van der Waals surface area contributed by atoms with Crippen molar-refractivity contribution < 1.29 is 14.6 Å². The van der Waals surface area contributed by atoms with E-state index in [4.69, 9.17) is 9.84 Å². The summed E-state index contributed by atoms with van der Waals surface area (Å²) >= 11 is 0. The standard InChI is InChI=1S/C11H12O3/c12-11(13)7-9-14-8-6-10-4-2-1-3-5-10/h1-5,7,9H,6,8H2,(H,12,13). The molecule has 1 aromatic carbocycles. The van der Waals surface area contributed by atoms with Gasteiger partial charge in [0.2, 0.25) is 0 Å². The molecule has 0 unspecified atom stereocenters. The lowest BCUT2D eigenvalue weighted by Gasteiger charge is -2.00. The van der Waals surface area contributed by atoms with E-state index in [0.29, 0.717) is 6.61 Å². The first-order valence-electron chi connectivity index (χ1n) is 4.34. The number of benzene rings is 1. The lowest BCUT2D eigenvalue weighted by atomic mass is 10.2. The van der Waals surface area contributed by atoms with E-state index in [-0.39, 0.29) is 0 Å². The number of hydrogen-bond acceptors (Lipinski definition) is 2. The van der Waals surface area contributed by atoms with Crippen LogP contribution in [0.25, 0.3) is 0 Å². The summed E-state index contributed by atoms with van der Waals surface area (Å²) in [6.45, 7) is 0.494. The topological polar surface area (TPSA) is 46.5 Å². The van der Waals surface area contributed by atoms with Gasteiger partial charge in [0, 0.05) is 6.42 Å². The maximum atomic E-state index is 10.1. The van der Waals surface area contributed by atoms with Gasteiger partial charge in [0.15, 0.2) is 0 Å². The molecule has 1 rings (SSSR count). The molecule has 0 aliphatic heterocycles. The van der Waals surface area contributed by atoms with Crippen LogP contribution in [0.3, 0.4) is 0 Å². The van der Waals surface area contributed by atoms with Crippen LogP contribution in [0.15, 0.2) is 42.7 Å². The van der Waals surface area contributed by atoms with Crippen LogP contribution >= 0.6 is 0 Å². The number of hydrogen-bond donors (Lipinski definition) is 1. The van der Waals surface area contributed by atoms with Gasteiger partial charge in [-0.1, -0.05) is 30.3 Å². The van der Waals surface area contributed by atoms with E-state index in [2.05, 4.69) is 0 Å². The molecule has 0 bridgehead atoms. The van der Waals surface area contributed by atoms with Crippen molar-refractivity contribution in [1.82, 2.24) is 0 Å². The second kappa shape index (κ2) is 5.80. The minimum atomic E-state index is -0.996. The highest BCUT2D eigenvalue weighted by molar-refractivity contribution is 5.79. The van der Waals surface area contributed by atoms with Crippen LogP contribution in [0.5, 0.6) is 0 Å². The van der Waals surface area contributed by atoms with Crippen LogP contribution < -0.4 is 0 Å². The van der Waals surface area contributed by atoms with Gasteiger partial charge < -0.3 is 9.84 Å². The molecule has 0 aromatic heterocycles. The molecule has 1 N–H and O–H groups in total. The molecule has 3 heteroatoms. The Labute approximate surface area is 82.6 Å². The largest absolute Gasteiger partial charge is 0.501 e. The summed E-state index contributed by atoms with van der Waals surface area (Å²) < 4.78 is 4.99. The van der Waals surface area contributed by atoms with Gasteiger partial charge >= 0.3 is 5.97 Å². The molecule has 0 atom stereocenters. The molecule has 0 amide bonds. The summed E-state index contributed by atoms with van der Waals surface area (Å²) in [5.41, 5.74) is 1.18. The first-order chi connectivity index (χ1) is 6.79. The number of ether oxygens (including phenoxy) is 1. The third kappa shape index (κ3) is 4.30. The second-order valence-corrected chi connectivity index (χ2v) is 2.75. The van der Waals surface area contributed by atoms with Crippen LogP contribution in [0, 0.1) is 0 Å². The minimum absolute atomic E-state index is 0.494. The van der Waals surface area contributed by atoms with Crippen LogP contribution in [-0.2, 0) is 16.0 Å². The van der Waals surface area contributed by atoms with Crippen molar-refractivity contribution in [3.05, 3.63) is 48.2 Å². The fourth-order valence-corrected chi connectivity index (χ4v) is 0.996. The first kappa shape index (κ1) is 10.3. The Morgan fingerprint density at radius 1 is 1.36 bits per heavy atom. The molecule has 14 heavy (non-hydrogen) atoms. The third-order valence-electron chi connectivity index (χ3n) is 1.66. The highest BCUT2D eigenvalue weighted by Gasteiger charge is 1.90. The van der Waals surface area contributed by atoms with E-state index >= 15 is 0 Å². The zero-order valence-electron chi connectivity index (χ0n) is 7.72. The average molecular weight is 192 g/mol. The van der Waals surface area contributed by atoms with E-state index in [1.54, 1.807) is 0 Å². The molecule has 1 aromatic rings. The smallest absolute Gasteiger partial charge is 0.331 e. The Morgan fingerprint density at radius 2 is 2.07 bits per heavy atom.